The number of aryl methyl sites for hydroxylation is 2. The molecule has 0 unspecified atom stereocenters. The maximum Gasteiger partial charge on any atom is 0.00401 e. The normalized spacial score (nSPS) is 12.0. The third kappa shape index (κ3) is 2.46. The first-order valence-electron chi connectivity index (χ1n) is 7.78. The molecule has 0 spiro atoms. The maximum atomic E-state index is 4.35. The molecule has 0 heterocycles. The SMILES string of the molecule is Sc1ccc(CCc2cccc3c2Cc2ccccc2-3)cc1. The van der Waals surface area contributed by atoms with Crippen LogP contribution in [-0.2, 0) is 19.3 Å². The van der Waals surface area contributed by atoms with Crippen LogP contribution in [0.4, 0.5) is 0 Å². The topological polar surface area (TPSA) is 0 Å². The van der Waals surface area contributed by atoms with Crippen molar-refractivity contribution in [3.63, 3.8) is 0 Å². The van der Waals surface area contributed by atoms with Crippen molar-refractivity contribution < 1.29 is 0 Å². The minimum atomic E-state index is 1.03. The van der Waals surface area contributed by atoms with Crippen molar-refractivity contribution in [2.24, 2.45) is 0 Å². The van der Waals surface area contributed by atoms with E-state index in [4.69, 9.17) is 0 Å². The highest BCUT2D eigenvalue weighted by Gasteiger charge is 2.19. The lowest BCUT2D eigenvalue weighted by Gasteiger charge is -2.09. The molecule has 0 saturated heterocycles. The van der Waals surface area contributed by atoms with Crippen LogP contribution in [0.5, 0.6) is 0 Å². The smallest absolute Gasteiger partial charge is 0.00401 e. The Bertz CT molecular complexity index is 816. The summed E-state index contributed by atoms with van der Waals surface area (Å²) in [5.74, 6) is 0. The zero-order chi connectivity index (χ0) is 14.9. The first-order valence-corrected chi connectivity index (χ1v) is 8.23. The van der Waals surface area contributed by atoms with Crippen LogP contribution in [0.15, 0.2) is 71.6 Å². The summed E-state index contributed by atoms with van der Waals surface area (Å²) < 4.78 is 0. The van der Waals surface area contributed by atoms with Crippen LogP contribution >= 0.6 is 12.6 Å². The minimum Gasteiger partial charge on any atom is -0.143 e. The summed E-state index contributed by atoms with van der Waals surface area (Å²) in [4.78, 5) is 1.03. The Labute approximate surface area is 137 Å². The van der Waals surface area contributed by atoms with Crippen molar-refractivity contribution in [3.8, 4) is 11.1 Å². The number of benzene rings is 3. The molecule has 0 bridgehead atoms. The zero-order valence-electron chi connectivity index (χ0n) is 12.4. The predicted molar refractivity (Wildman–Crippen MR) is 95.8 cm³/mol. The Morgan fingerprint density at radius 1 is 0.727 bits per heavy atom. The fraction of sp³-hybridized carbons (Fsp3) is 0.143. The first kappa shape index (κ1) is 13.7. The molecule has 3 aromatic rings. The average molecular weight is 302 g/mol. The number of fused-ring (bicyclic) bond motifs is 3. The molecule has 0 fully saturated rings. The quantitative estimate of drug-likeness (QED) is 0.486. The van der Waals surface area contributed by atoms with Gasteiger partial charge in [0.25, 0.3) is 0 Å². The molecule has 0 saturated carbocycles. The van der Waals surface area contributed by atoms with Crippen LogP contribution in [0.3, 0.4) is 0 Å². The van der Waals surface area contributed by atoms with Gasteiger partial charge < -0.3 is 0 Å². The second-order valence-corrected chi connectivity index (χ2v) is 6.46. The summed E-state index contributed by atoms with van der Waals surface area (Å²) in [7, 11) is 0. The number of hydrogen-bond donors (Lipinski definition) is 1. The van der Waals surface area contributed by atoms with Crippen LogP contribution in [0.2, 0.25) is 0 Å². The van der Waals surface area contributed by atoms with E-state index in [1.165, 1.54) is 33.4 Å². The van der Waals surface area contributed by atoms with Gasteiger partial charge in [0.1, 0.15) is 0 Å². The van der Waals surface area contributed by atoms with E-state index in [1.807, 2.05) is 0 Å². The summed E-state index contributed by atoms with van der Waals surface area (Å²) in [6.07, 6.45) is 3.27. The van der Waals surface area contributed by atoms with Gasteiger partial charge >= 0.3 is 0 Å². The van der Waals surface area contributed by atoms with Gasteiger partial charge in [0, 0.05) is 4.90 Å². The Hall–Kier alpha value is -1.99. The predicted octanol–water partition coefficient (Wildman–Crippen LogP) is 5.33. The van der Waals surface area contributed by atoms with Gasteiger partial charge in [-0.2, -0.15) is 0 Å². The molecular formula is C21H18S. The molecule has 0 N–H and O–H groups in total. The van der Waals surface area contributed by atoms with Crippen LogP contribution in [0.25, 0.3) is 11.1 Å². The molecule has 1 aliphatic carbocycles. The molecule has 0 aliphatic heterocycles. The summed E-state index contributed by atoms with van der Waals surface area (Å²) in [6, 6.07) is 24.0. The van der Waals surface area contributed by atoms with Crippen molar-refractivity contribution in [2.75, 3.05) is 0 Å². The van der Waals surface area contributed by atoms with Crippen molar-refractivity contribution in [1.29, 1.82) is 0 Å². The summed E-state index contributed by atoms with van der Waals surface area (Å²) in [6.45, 7) is 0. The van der Waals surface area contributed by atoms with E-state index in [-0.39, 0.29) is 0 Å². The highest BCUT2D eigenvalue weighted by Crippen LogP contribution is 2.38. The van der Waals surface area contributed by atoms with Gasteiger partial charge in [-0.15, -0.1) is 12.6 Å². The van der Waals surface area contributed by atoms with E-state index in [0.717, 1.165) is 24.2 Å². The van der Waals surface area contributed by atoms with E-state index >= 15 is 0 Å². The first-order chi connectivity index (χ1) is 10.8. The molecule has 0 radical (unpaired) electrons. The van der Waals surface area contributed by atoms with E-state index in [1.54, 1.807) is 0 Å². The molecule has 0 aromatic heterocycles. The molecule has 1 heteroatoms. The highest BCUT2D eigenvalue weighted by molar-refractivity contribution is 7.80. The number of thiol groups is 1. The van der Waals surface area contributed by atoms with Crippen LogP contribution < -0.4 is 0 Å². The largest absolute Gasteiger partial charge is 0.143 e. The molecular weight excluding hydrogens is 284 g/mol. The Kier molecular flexibility index (Phi) is 3.51. The van der Waals surface area contributed by atoms with E-state index < -0.39 is 0 Å². The molecule has 3 aromatic carbocycles. The van der Waals surface area contributed by atoms with Gasteiger partial charge in [-0.3, -0.25) is 0 Å². The lowest BCUT2D eigenvalue weighted by Crippen LogP contribution is -1.96. The summed E-state index contributed by atoms with van der Waals surface area (Å²) in [5, 5.41) is 0. The average Bonchev–Trinajstić information content (AvgIpc) is 2.94. The van der Waals surface area contributed by atoms with Gasteiger partial charge in [-0.25, -0.2) is 0 Å². The van der Waals surface area contributed by atoms with Crippen LogP contribution in [-0.4, -0.2) is 0 Å². The molecule has 4 rings (SSSR count). The molecule has 0 amide bonds. The zero-order valence-corrected chi connectivity index (χ0v) is 13.3. The van der Waals surface area contributed by atoms with Crippen molar-refractivity contribution in [2.45, 2.75) is 24.2 Å². The third-order valence-electron chi connectivity index (χ3n) is 4.57. The minimum absolute atomic E-state index is 1.03. The standard InChI is InChI=1S/C21H18S/c22-18-12-9-15(10-13-18)8-11-16-5-3-7-20-19-6-2-1-4-17(19)14-21(16)20/h1-7,9-10,12-13,22H,8,11,14H2. The van der Waals surface area contributed by atoms with Gasteiger partial charge in [-0.1, -0.05) is 54.6 Å². The highest BCUT2D eigenvalue weighted by atomic mass is 32.1. The Morgan fingerprint density at radius 3 is 2.36 bits per heavy atom. The van der Waals surface area contributed by atoms with Crippen molar-refractivity contribution in [1.82, 2.24) is 0 Å². The number of hydrogen-bond acceptors (Lipinski definition) is 1. The van der Waals surface area contributed by atoms with E-state index in [2.05, 4.69) is 79.4 Å². The number of rotatable bonds is 3. The summed E-state index contributed by atoms with van der Waals surface area (Å²) in [5.41, 5.74) is 8.70. The van der Waals surface area contributed by atoms with Gasteiger partial charge in [-0.05, 0) is 64.8 Å². The molecule has 108 valence electrons. The third-order valence-corrected chi connectivity index (χ3v) is 4.87. The molecule has 22 heavy (non-hydrogen) atoms. The van der Waals surface area contributed by atoms with Gasteiger partial charge in [0.15, 0.2) is 0 Å². The van der Waals surface area contributed by atoms with Crippen molar-refractivity contribution in [3.05, 3.63) is 89.0 Å². The second-order valence-electron chi connectivity index (χ2n) is 5.94. The molecule has 0 atom stereocenters. The van der Waals surface area contributed by atoms with Gasteiger partial charge in [0.05, 0.1) is 0 Å². The summed E-state index contributed by atoms with van der Waals surface area (Å²) >= 11 is 4.35. The second kappa shape index (κ2) is 5.66. The maximum absolute atomic E-state index is 4.35. The van der Waals surface area contributed by atoms with Crippen LogP contribution in [0.1, 0.15) is 22.3 Å². The van der Waals surface area contributed by atoms with Gasteiger partial charge in [0.2, 0.25) is 0 Å². The molecule has 0 nitrogen and oxygen atoms in total. The fourth-order valence-corrected chi connectivity index (χ4v) is 3.55. The van der Waals surface area contributed by atoms with E-state index in [9.17, 15) is 0 Å². The lowest BCUT2D eigenvalue weighted by molar-refractivity contribution is 0.941. The van der Waals surface area contributed by atoms with E-state index in [0.29, 0.717) is 0 Å². The van der Waals surface area contributed by atoms with Crippen molar-refractivity contribution >= 4 is 12.6 Å². The monoisotopic (exact) mass is 302 g/mol. The Balaban J connectivity index is 1.61. The lowest BCUT2D eigenvalue weighted by atomic mass is 9.96. The molecule has 1 aliphatic rings. The van der Waals surface area contributed by atoms with Crippen LogP contribution in [0, 0.1) is 0 Å². The fourth-order valence-electron chi connectivity index (χ4n) is 3.40. The Morgan fingerprint density at radius 2 is 1.50 bits per heavy atom.